The lowest BCUT2D eigenvalue weighted by Gasteiger charge is -2.24. The Balaban J connectivity index is 1.31. The van der Waals surface area contributed by atoms with Gasteiger partial charge in [0.05, 0.1) is 6.54 Å². The van der Waals surface area contributed by atoms with E-state index in [9.17, 15) is 28.3 Å². The van der Waals surface area contributed by atoms with Gasteiger partial charge in [-0.3, -0.25) is 4.79 Å². The van der Waals surface area contributed by atoms with Crippen molar-refractivity contribution in [3.63, 3.8) is 0 Å². The number of carboxylic acids is 1. The molecule has 1 unspecified atom stereocenters. The maximum Gasteiger partial charge on any atom is 0.407 e. The standard InChI is InChI=1S/C26H28F2N2O5/c1-2-16(11-23(31)30-15-26(27,28)12-22(30)24(32)33)13-29-25(34)35-14-21-19-9-5-3-7-17(19)18-8-4-6-10-20(18)21/h3-10,16,21-22H,2,11-15H2,1H3,(H,29,34)(H,32,33)/t16?,22-/m0/s1. The molecule has 7 nitrogen and oxygen atoms in total. The maximum atomic E-state index is 13.7. The van der Waals surface area contributed by atoms with Gasteiger partial charge < -0.3 is 20.1 Å². The monoisotopic (exact) mass is 486 g/mol. The number of ether oxygens (including phenoxy) is 1. The summed E-state index contributed by atoms with van der Waals surface area (Å²) in [5.41, 5.74) is 4.42. The van der Waals surface area contributed by atoms with E-state index in [4.69, 9.17) is 4.74 Å². The molecule has 0 saturated carbocycles. The van der Waals surface area contributed by atoms with E-state index in [1.807, 2.05) is 55.5 Å². The summed E-state index contributed by atoms with van der Waals surface area (Å²) in [6.45, 7) is 1.17. The van der Waals surface area contributed by atoms with Gasteiger partial charge in [0.25, 0.3) is 5.92 Å². The molecule has 186 valence electrons. The first-order chi connectivity index (χ1) is 16.7. The number of nitrogens with one attached hydrogen (secondary N) is 1. The quantitative estimate of drug-likeness (QED) is 0.581. The summed E-state index contributed by atoms with van der Waals surface area (Å²) in [6, 6.07) is 14.4. The smallest absolute Gasteiger partial charge is 0.407 e. The van der Waals surface area contributed by atoms with Gasteiger partial charge in [-0.1, -0.05) is 61.9 Å². The van der Waals surface area contributed by atoms with Crippen LogP contribution in [0.1, 0.15) is 43.2 Å². The number of carbonyl (C=O) groups is 3. The minimum atomic E-state index is -3.22. The van der Waals surface area contributed by atoms with Crippen LogP contribution in [0.3, 0.4) is 0 Å². The highest BCUT2D eigenvalue weighted by Crippen LogP contribution is 2.44. The van der Waals surface area contributed by atoms with Crippen LogP contribution >= 0.6 is 0 Å². The van der Waals surface area contributed by atoms with E-state index in [0.717, 1.165) is 27.2 Å². The molecule has 1 aliphatic carbocycles. The number of alkyl halides is 2. The molecule has 2 aromatic rings. The summed E-state index contributed by atoms with van der Waals surface area (Å²) >= 11 is 0. The average Bonchev–Trinajstić information content (AvgIpc) is 3.34. The number of carboxylic acid groups (broad SMARTS) is 1. The number of likely N-dealkylation sites (tertiary alicyclic amines) is 1. The zero-order valence-electron chi connectivity index (χ0n) is 19.4. The maximum absolute atomic E-state index is 13.7. The predicted octanol–water partition coefficient (Wildman–Crippen LogP) is 4.26. The molecule has 1 saturated heterocycles. The summed E-state index contributed by atoms with van der Waals surface area (Å²) in [7, 11) is 0. The summed E-state index contributed by atoms with van der Waals surface area (Å²) < 4.78 is 32.9. The van der Waals surface area contributed by atoms with Gasteiger partial charge in [0.2, 0.25) is 5.91 Å². The van der Waals surface area contributed by atoms with Crippen molar-refractivity contribution in [1.82, 2.24) is 10.2 Å². The van der Waals surface area contributed by atoms with E-state index < -0.39 is 42.9 Å². The Morgan fingerprint density at radius 3 is 2.29 bits per heavy atom. The molecule has 35 heavy (non-hydrogen) atoms. The molecule has 1 aliphatic heterocycles. The van der Waals surface area contributed by atoms with Crippen LogP contribution in [0.2, 0.25) is 0 Å². The van der Waals surface area contributed by atoms with E-state index in [1.54, 1.807) is 0 Å². The van der Waals surface area contributed by atoms with Crippen LogP contribution in [0.15, 0.2) is 48.5 Å². The van der Waals surface area contributed by atoms with Gasteiger partial charge in [0.1, 0.15) is 12.6 Å². The Labute approximate surface area is 202 Å². The number of hydrogen-bond acceptors (Lipinski definition) is 4. The average molecular weight is 487 g/mol. The van der Waals surface area contributed by atoms with Crippen LogP contribution in [-0.4, -0.2) is 59.6 Å². The van der Waals surface area contributed by atoms with Crippen molar-refractivity contribution in [3.8, 4) is 11.1 Å². The molecule has 2 atom stereocenters. The highest BCUT2D eigenvalue weighted by atomic mass is 19.3. The second-order valence-corrected chi connectivity index (χ2v) is 9.12. The van der Waals surface area contributed by atoms with Crippen molar-refractivity contribution in [1.29, 1.82) is 0 Å². The molecule has 1 heterocycles. The van der Waals surface area contributed by atoms with Gasteiger partial charge in [-0.25, -0.2) is 18.4 Å². The number of carbonyl (C=O) groups excluding carboxylic acids is 2. The van der Waals surface area contributed by atoms with Crippen molar-refractivity contribution in [2.75, 3.05) is 19.7 Å². The molecule has 9 heteroatoms. The molecule has 2 aromatic carbocycles. The van der Waals surface area contributed by atoms with E-state index in [1.165, 1.54) is 0 Å². The largest absolute Gasteiger partial charge is 0.480 e. The normalized spacial score (nSPS) is 19.1. The first-order valence-electron chi connectivity index (χ1n) is 11.7. The van der Waals surface area contributed by atoms with Gasteiger partial charge >= 0.3 is 12.1 Å². The first-order valence-corrected chi connectivity index (χ1v) is 11.7. The zero-order chi connectivity index (χ0) is 25.2. The van der Waals surface area contributed by atoms with Crippen LogP contribution in [0.5, 0.6) is 0 Å². The lowest BCUT2D eigenvalue weighted by molar-refractivity contribution is -0.148. The van der Waals surface area contributed by atoms with Crippen LogP contribution < -0.4 is 5.32 Å². The van der Waals surface area contributed by atoms with Crippen molar-refractivity contribution >= 4 is 18.0 Å². The fourth-order valence-electron chi connectivity index (χ4n) is 4.90. The third-order valence-corrected chi connectivity index (χ3v) is 6.79. The Hall–Kier alpha value is -3.49. The third-order valence-electron chi connectivity index (χ3n) is 6.79. The number of amides is 2. The zero-order valence-corrected chi connectivity index (χ0v) is 19.4. The first kappa shape index (κ1) is 24.6. The van der Waals surface area contributed by atoms with E-state index in [2.05, 4.69) is 5.32 Å². The molecule has 0 bridgehead atoms. The van der Waals surface area contributed by atoms with Gasteiger partial charge in [-0.2, -0.15) is 0 Å². The molecule has 0 aromatic heterocycles. The number of nitrogens with zero attached hydrogens (tertiary/aromatic N) is 1. The second kappa shape index (κ2) is 10.0. The van der Waals surface area contributed by atoms with Crippen LogP contribution in [0, 0.1) is 5.92 Å². The van der Waals surface area contributed by atoms with E-state index in [0.29, 0.717) is 6.42 Å². The van der Waals surface area contributed by atoms with Crippen molar-refractivity contribution in [2.24, 2.45) is 5.92 Å². The summed E-state index contributed by atoms with van der Waals surface area (Å²) in [5, 5.41) is 11.9. The van der Waals surface area contributed by atoms with Gasteiger partial charge in [0, 0.05) is 25.3 Å². The highest BCUT2D eigenvalue weighted by molar-refractivity contribution is 5.85. The number of aliphatic carboxylic acids is 1. The summed E-state index contributed by atoms with van der Waals surface area (Å²) in [5.74, 6) is -5.75. The summed E-state index contributed by atoms with van der Waals surface area (Å²) in [6.07, 6.45) is -1.16. The number of hydrogen-bond donors (Lipinski definition) is 2. The fourth-order valence-corrected chi connectivity index (χ4v) is 4.90. The van der Waals surface area contributed by atoms with Gasteiger partial charge in [-0.15, -0.1) is 0 Å². The fraction of sp³-hybridized carbons (Fsp3) is 0.423. The van der Waals surface area contributed by atoms with Gasteiger partial charge in [0.15, 0.2) is 0 Å². The Morgan fingerprint density at radius 2 is 1.71 bits per heavy atom. The summed E-state index contributed by atoms with van der Waals surface area (Å²) in [4.78, 5) is 37.0. The number of alkyl carbamates (subject to hydrolysis) is 1. The van der Waals surface area contributed by atoms with Crippen LogP contribution in [-0.2, 0) is 14.3 Å². The Bertz CT molecular complexity index is 1080. The number of rotatable bonds is 8. The number of halogens is 2. The van der Waals surface area contributed by atoms with E-state index >= 15 is 0 Å². The van der Waals surface area contributed by atoms with Crippen molar-refractivity contribution in [2.45, 2.75) is 44.1 Å². The molecule has 2 amide bonds. The predicted molar refractivity (Wildman–Crippen MR) is 124 cm³/mol. The van der Waals surface area contributed by atoms with Crippen LogP contribution in [0.25, 0.3) is 11.1 Å². The molecule has 0 radical (unpaired) electrons. The van der Waals surface area contributed by atoms with E-state index in [-0.39, 0.29) is 31.4 Å². The minimum Gasteiger partial charge on any atom is -0.480 e. The minimum absolute atomic E-state index is 0.0820. The van der Waals surface area contributed by atoms with Crippen LogP contribution in [0.4, 0.5) is 13.6 Å². The molecular formula is C26H28F2N2O5. The topological polar surface area (TPSA) is 95.9 Å². The molecular weight excluding hydrogens is 458 g/mol. The molecule has 0 spiro atoms. The Kier molecular flexibility index (Phi) is 7.05. The molecule has 4 rings (SSSR count). The SMILES string of the molecule is CCC(CNC(=O)OCC1c2ccccc2-c2ccccc21)CC(=O)N1CC(F)(F)C[C@H]1C(=O)O. The molecule has 1 fully saturated rings. The van der Waals surface area contributed by atoms with Gasteiger partial charge in [-0.05, 0) is 28.2 Å². The van der Waals surface area contributed by atoms with Crippen molar-refractivity contribution < 1.29 is 33.0 Å². The Morgan fingerprint density at radius 1 is 1.11 bits per heavy atom. The molecule has 2 aliphatic rings. The van der Waals surface area contributed by atoms with Crippen molar-refractivity contribution in [3.05, 3.63) is 59.7 Å². The third kappa shape index (κ3) is 5.28. The number of benzene rings is 2. The second-order valence-electron chi connectivity index (χ2n) is 9.12. The lowest BCUT2D eigenvalue weighted by Crippen LogP contribution is -2.42. The lowest BCUT2D eigenvalue weighted by atomic mass is 9.98. The highest BCUT2D eigenvalue weighted by Gasteiger charge is 2.50. The number of fused-ring (bicyclic) bond motifs is 3. The molecule has 2 N–H and O–H groups in total.